The molecule has 1 heterocycles. The molecule has 2 aromatic rings. The van der Waals surface area contributed by atoms with Crippen molar-refractivity contribution in [2.24, 2.45) is 0 Å². The zero-order valence-electron chi connectivity index (χ0n) is 10.7. The summed E-state index contributed by atoms with van der Waals surface area (Å²) in [6, 6.07) is 11.9. The van der Waals surface area contributed by atoms with Crippen LogP contribution in [0.5, 0.6) is 5.75 Å². The number of halogens is 1. The Hall–Kier alpha value is -1.32. The Labute approximate surface area is 121 Å². The van der Waals surface area contributed by atoms with Gasteiger partial charge in [0.15, 0.2) is 0 Å². The topological polar surface area (TPSA) is 29.5 Å². The van der Waals surface area contributed by atoms with E-state index in [0.29, 0.717) is 0 Å². The molecule has 98 valence electrons. The summed E-state index contributed by atoms with van der Waals surface area (Å²) >= 11 is 3.56. The molecule has 2 nitrogen and oxygen atoms in total. The maximum atomic E-state index is 10.6. The molecule has 2 aromatic carbocycles. The smallest absolute Gasteiger partial charge is 0.122 e. The molecule has 3 rings (SSSR count). The minimum absolute atomic E-state index is 0.611. The summed E-state index contributed by atoms with van der Waals surface area (Å²) in [4.78, 5) is 0. The monoisotopic (exact) mass is 318 g/mol. The third-order valence-corrected chi connectivity index (χ3v) is 4.63. The number of hydrogen-bond acceptors (Lipinski definition) is 2. The van der Waals surface area contributed by atoms with E-state index >= 15 is 0 Å². The van der Waals surface area contributed by atoms with Crippen LogP contribution in [0.25, 0.3) is 0 Å². The minimum atomic E-state index is -0.611. The van der Waals surface area contributed by atoms with Gasteiger partial charge in [0, 0.05) is 10.9 Å². The van der Waals surface area contributed by atoms with Gasteiger partial charge in [0.2, 0.25) is 0 Å². The maximum absolute atomic E-state index is 10.6. The average Bonchev–Trinajstić information content (AvgIpc) is 2.88. The van der Waals surface area contributed by atoms with Crippen LogP contribution in [-0.2, 0) is 6.42 Å². The lowest BCUT2D eigenvalue weighted by molar-refractivity contribution is 0.219. The number of hydrogen-bond donors (Lipinski definition) is 1. The van der Waals surface area contributed by atoms with E-state index in [1.807, 2.05) is 43.3 Å². The molecule has 0 aromatic heterocycles. The van der Waals surface area contributed by atoms with Crippen molar-refractivity contribution in [2.45, 2.75) is 19.4 Å². The van der Waals surface area contributed by atoms with Crippen molar-refractivity contribution < 1.29 is 9.84 Å². The lowest BCUT2D eigenvalue weighted by Gasteiger charge is -2.15. The van der Waals surface area contributed by atoms with Crippen LogP contribution in [-0.4, -0.2) is 11.7 Å². The van der Waals surface area contributed by atoms with Gasteiger partial charge >= 0.3 is 0 Å². The van der Waals surface area contributed by atoms with Crippen LogP contribution in [0.1, 0.15) is 28.4 Å². The molecule has 3 heteroatoms. The van der Waals surface area contributed by atoms with Crippen molar-refractivity contribution in [1.29, 1.82) is 0 Å². The lowest BCUT2D eigenvalue weighted by Crippen LogP contribution is -2.02. The van der Waals surface area contributed by atoms with Gasteiger partial charge in [-0.15, -0.1) is 0 Å². The van der Waals surface area contributed by atoms with E-state index in [4.69, 9.17) is 4.74 Å². The first-order valence-corrected chi connectivity index (χ1v) is 7.15. The highest BCUT2D eigenvalue weighted by Gasteiger charge is 2.18. The Morgan fingerprint density at radius 2 is 2.11 bits per heavy atom. The molecule has 1 N–H and O–H groups in total. The van der Waals surface area contributed by atoms with Crippen molar-refractivity contribution in [1.82, 2.24) is 0 Å². The molecular weight excluding hydrogens is 304 g/mol. The van der Waals surface area contributed by atoms with Gasteiger partial charge < -0.3 is 9.84 Å². The molecular formula is C16H15BrO2. The van der Waals surface area contributed by atoms with Gasteiger partial charge in [0.1, 0.15) is 11.9 Å². The summed E-state index contributed by atoms with van der Waals surface area (Å²) in [5.74, 6) is 0.944. The van der Waals surface area contributed by atoms with E-state index in [1.54, 1.807) is 0 Å². The number of aliphatic hydroxyl groups is 1. The molecule has 1 unspecified atom stereocenters. The largest absolute Gasteiger partial charge is 0.493 e. The molecule has 0 saturated carbocycles. The zero-order chi connectivity index (χ0) is 13.4. The summed E-state index contributed by atoms with van der Waals surface area (Å²) in [6.45, 7) is 2.76. The van der Waals surface area contributed by atoms with E-state index < -0.39 is 6.10 Å². The number of fused-ring (bicyclic) bond motifs is 1. The number of ether oxygens (including phenoxy) is 1. The lowest BCUT2D eigenvalue weighted by atomic mass is 9.98. The average molecular weight is 319 g/mol. The molecule has 1 atom stereocenters. The molecule has 1 aliphatic heterocycles. The second-order valence-electron chi connectivity index (χ2n) is 4.85. The summed E-state index contributed by atoms with van der Waals surface area (Å²) < 4.78 is 6.46. The third-order valence-electron chi connectivity index (χ3n) is 3.55. The van der Waals surface area contributed by atoms with Gasteiger partial charge in [-0.2, -0.15) is 0 Å². The first-order valence-electron chi connectivity index (χ1n) is 6.35. The van der Waals surface area contributed by atoms with Crippen molar-refractivity contribution in [2.75, 3.05) is 6.61 Å². The van der Waals surface area contributed by atoms with Crippen molar-refractivity contribution in [3.63, 3.8) is 0 Å². The van der Waals surface area contributed by atoms with Crippen LogP contribution in [0.15, 0.2) is 40.9 Å². The normalized spacial score (nSPS) is 14.9. The van der Waals surface area contributed by atoms with E-state index in [1.165, 1.54) is 5.56 Å². The SMILES string of the molecule is Cc1cccc(C(O)c2ccc3c(c2)CCO3)c1Br. The molecule has 0 amide bonds. The van der Waals surface area contributed by atoms with Crippen LogP contribution in [0.2, 0.25) is 0 Å². The molecule has 0 saturated heterocycles. The Bertz CT molecular complexity index is 622. The van der Waals surface area contributed by atoms with Gasteiger partial charge in [-0.1, -0.05) is 40.2 Å². The van der Waals surface area contributed by atoms with Crippen LogP contribution in [0.3, 0.4) is 0 Å². The van der Waals surface area contributed by atoms with Gasteiger partial charge in [0.25, 0.3) is 0 Å². The van der Waals surface area contributed by atoms with Crippen LogP contribution < -0.4 is 4.74 Å². The predicted octanol–water partition coefficient (Wildman–Crippen LogP) is 3.77. The Morgan fingerprint density at radius 3 is 2.95 bits per heavy atom. The fourth-order valence-corrected chi connectivity index (χ4v) is 2.92. The highest BCUT2D eigenvalue weighted by atomic mass is 79.9. The molecule has 0 bridgehead atoms. The van der Waals surface area contributed by atoms with E-state index in [-0.39, 0.29) is 0 Å². The number of aliphatic hydroxyl groups excluding tert-OH is 1. The van der Waals surface area contributed by atoms with Gasteiger partial charge in [0.05, 0.1) is 6.61 Å². The number of aryl methyl sites for hydroxylation is 1. The second-order valence-corrected chi connectivity index (χ2v) is 5.64. The fraction of sp³-hybridized carbons (Fsp3) is 0.250. The molecule has 0 spiro atoms. The van der Waals surface area contributed by atoms with Gasteiger partial charge in [-0.05, 0) is 41.3 Å². The predicted molar refractivity (Wildman–Crippen MR) is 78.6 cm³/mol. The highest BCUT2D eigenvalue weighted by Crippen LogP contribution is 2.34. The molecule has 0 fully saturated rings. The molecule has 0 radical (unpaired) electrons. The Morgan fingerprint density at radius 1 is 1.26 bits per heavy atom. The zero-order valence-corrected chi connectivity index (χ0v) is 12.3. The van der Waals surface area contributed by atoms with Crippen molar-refractivity contribution >= 4 is 15.9 Å². The summed E-state index contributed by atoms with van der Waals surface area (Å²) in [5.41, 5.74) is 4.12. The third kappa shape index (κ3) is 2.28. The fourth-order valence-electron chi connectivity index (χ4n) is 2.44. The van der Waals surface area contributed by atoms with E-state index in [0.717, 1.165) is 39.9 Å². The number of benzene rings is 2. The van der Waals surface area contributed by atoms with Crippen molar-refractivity contribution in [3.8, 4) is 5.75 Å². The summed E-state index contributed by atoms with van der Waals surface area (Å²) in [6.07, 6.45) is 0.311. The number of rotatable bonds is 2. The van der Waals surface area contributed by atoms with Crippen LogP contribution in [0, 0.1) is 6.92 Å². The first kappa shape index (κ1) is 12.7. The second kappa shape index (κ2) is 4.99. The summed E-state index contributed by atoms with van der Waals surface area (Å²) in [7, 11) is 0. The quantitative estimate of drug-likeness (QED) is 0.913. The van der Waals surface area contributed by atoms with Gasteiger partial charge in [-0.3, -0.25) is 0 Å². The first-order chi connectivity index (χ1) is 9.16. The highest BCUT2D eigenvalue weighted by molar-refractivity contribution is 9.10. The molecule has 1 aliphatic rings. The minimum Gasteiger partial charge on any atom is -0.493 e. The molecule has 19 heavy (non-hydrogen) atoms. The van der Waals surface area contributed by atoms with Gasteiger partial charge in [-0.25, -0.2) is 0 Å². The standard InChI is InChI=1S/C16H15BrO2/c1-10-3-2-4-13(15(10)17)16(18)12-5-6-14-11(9-12)7-8-19-14/h2-6,9,16,18H,7-8H2,1H3. The summed E-state index contributed by atoms with van der Waals surface area (Å²) in [5, 5.41) is 10.6. The van der Waals surface area contributed by atoms with E-state index in [9.17, 15) is 5.11 Å². The maximum Gasteiger partial charge on any atom is 0.122 e. The van der Waals surface area contributed by atoms with Crippen molar-refractivity contribution in [3.05, 3.63) is 63.1 Å². The Balaban J connectivity index is 2.00. The van der Waals surface area contributed by atoms with E-state index in [2.05, 4.69) is 15.9 Å². The molecule has 0 aliphatic carbocycles. The van der Waals surface area contributed by atoms with Crippen LogP contribution in [0.4, 0.5) is 0 Å². The Kier molecular flexibility index (Phi) is 3.33. The van der Waals surface area contributed by atoms with Crippen LogP contribution >= 0.6 is 15.9 Å².